The summed E-state index contributed by atoms with van der Waals surface area (Å²) in [6.45, 7) is 12.0. The molecule has 11 nitrogen and oxygen atoms in total. The highest BCUT2D eigenvalue weighted by Crippen LogP contribution is 2.49. The summed E-state index contributed by atoms with van der Waals surface area (Å²) in [7, 11) is -1.82. The molecule has 3 N–H and O–H groups in total. The summed E-state index contributed by atoms with van der Waals surface area (Å²) >= 11 is 6.16. The zero-order valence-corrected chi connectivity index (χ0v) is 35.8. The molecule has 1 fully saturated rings. The van der Waals surface area contributed by atoms with E-state index in [1.165, 1.54) is 35.8 Å². The molecule has 0 aromatic heterocycles. The van der Waals surface area contributed by atoms with Crippen LogP contribution in [0.2, 0.25) is 5.02 Å². The van der Waals surface area contributed by atoms with E-state index < -0.39 is 16.0 Å². The molecule has 3 aromatic carbocycles. The van der Waals surface area contributed by atoms with Gasteiger partial charge in [-0.25, -0.2) is 13.2 Å². The first-order chi connectivity index (χ1) is 27.1. The van der Waals surface area contributed by atoms with Crippen molar-refractivity contribution in [3.05, 3.63) is 119 Å². The van der Waals surface area contributed by atoms with Crippen LogP contribution in [0, 0.1) is 0 Å². The Bertz CT molecular complexity index is 1960. The van der Waals surface area contributed by atoms with Crippen LogP contribution in [0.4, 0.5) is 10.5 Å². The predicted molar refractivity (Wildman–Crippen MR) is 228 cm³/mol. The summed E-state index contributed by atoms with van der Waals surface area (Å²) < 4.78 is 33.8. The van der Waals surface area contributed by atoms with Gasteiger partial charge >= 0.3 is 12.0 Å². The summed E-state index contributed by atoms with van der Waals surface area (Å²) in [5.41, 5.74) is 4.42. The van der Waals surface area contributed by atoms with Gasteiger partial charge in [-0.2, -0.15) is 0 Å². The first-order valence-corrected chi connectivity index (χ1v) is 21.4. The molecule has 0 saturated carbocycles. The van der Waals surface area contributed by atoms with Gasteiger partial charge in [0.1, 0.15) is 12.3 Å². The number of benzene rings is 3. The molecule has 3 heterocycles. The van der Waals surface area contributed by atoms with E-state index in [1.54, 1.807) is 41.8 Å². The topological polar surface area (TPSA) is 149 Å². The number of sulfonamides is 1. The quantitative estimate of drug-likeness (QED) is 0.122. The molecular formula is C44H59ClN4O7S. The molecule has 13 heteroatoms. The fraction of sp³-hybridized carbons (Fsp3) is 0.432. The molecule has 1 saturated heterocycles. The van der Waals surface area contributed by atoms with E-state index >= 15 is 0 Å². The molecule has 3 amide bonds. The van der Waals surface area contributed by atoms with Gasteiger partial charge < -0.3 is 25.4 Å². The minimum absolute atomic E-state index is 0.0370. The number of aryl methyl sites for hydroxylation is 1. The number of carboxylic acid groups (broad SMARTS) is 1. The smallest absolute Gasteiger partial charge is 0.322 e. The number of hydrogen-bond donors (Lipinski definition) is 3. The van der Waals surface area contributed by atoms with E-state index in [0.29, 0.717) is 11.4 Å². The molecule has 0 aliphatic carbocycles. The molecular weight excluding hydrogens is 764 g/mol. The van der Waals surface area contributed by atoms with Crippen molar-refractivity contribution in [3.63, 3.8) is 0 Å². The highest BCUT2D eigenvalue weighted by Gasteiger charge is 2.45. The van der Waals surface area contributed by atoms with Crippen LogP contribution in [0.5, 0.6) is 0 Å². The lowest BCUT2D eigenvalue weighted by Crippen LogP contribution is -2.42. The number of anilines is 1. The number of carboxylic acids is 1. The Kier molecular flexibility index (Phi) is 18.1. The minimum Gasteiger partial charge on any atom is -0.480 e. The second-order valence-electron chi connectivity index (χ2n) is 14.2. The number of epoxide rings is 1. The number of carbonyl (C=O) groups excluding carboxylic acids is 2. The van der Waals surface area contributed by atoms with Crippen molar-refractivity contribution in [1.29, 1.82) is 0 Å². The fourth-order valence-corrected chi connectivity index (χ4v) is 8.72. The van der Waals surface area contributed by atoms with Gasteiger partial charge in [0.25, 0.3) is 10.0 Å². The molecule has 3 aliphatic heterocycles. The number of unbranched alkanes of at least 4 members (excludes halogenated alkanes) is 2. The fourth-order valence-electron chi connectivity index (χ4n) is 6.84. The number of halogens is 1. The monoisotopic (exact) mass is 822 g/mol. The van der Waals surface area contributed by atoms with Gasteiger partial charge in [-0.05, 0) is 80.7 Å². The Balaban J connectivity index is 0.000000233. The van der Waals surface area contributed by atoms with E-state index in [1.807, 2.05) is 62.4 Å². The van der Waals surface area contributed by atoms with E-state index in [2.05, 4.69) is 43.5 Å². The van der Waals surface area contributed by atoms with E-state index in [9.17, 15) is 22.8 Å². The lowest BCUT2D eigenvalue weighted by molar-refractivity contribution is -0.137. The summed E-state index contributed by atoms with van der Waals surface area (Å²) in [5, 5.41) is 13.6. The largest absolute Gasteiger partial charge is 0.480 e. The summed E-state index contributed by atoms with van der Waals surface area (Å²) in [5.74, 6) is -0.319. The molecule has 3 atom stereocenters. The average molecular weight is 823 g/mol. The van der Waals surface area contributed by atoms with Crippen LogP contribution in [-0.4, -0.2) is 62.5 Å². The van der Waals surface area contributed by atoms with Gasteiger partial charge in [0.05, 0.1) is 10.6 Å². The maximum Gasteiger partial charge on any atom is 0.322 e. The predicted octanol–water partition coefficient (Wildman–Crippen LogP) is 9.14. The lowest BCUT2D eigenvalue weighted by Gasteiger charge is -2.30. The van der Waals surface area contributed by atoms with Crippen LogP contribution in [0.3, 0.4) is 0 Å². The van der Waals surface area contributed by atoms with Crippen LogP contribution >= 0.6 is 11.6 Å². The zero-order chi connectivity index (χ0) is 42.2. The molecule has 3 unspecified atom stereocenters. The van der Waals surface area contributed by atoms with Gasteiger partial charge in [0, 0.05) is 48.8 Å². The van der Waals surface area contributed by atoms with Crippen LogP contribution in [0.15, 0.2) is 102 Å². The Labute approximate surface area is 344 Å². The van der Waals surface area contributed by atoms with Crippen molar-refractivity contribution in [2.75, 3.05) is 24.4 Å². The second-order valence-corrected chi connectivity index (χ2v) is 16.4. The number of nitrogens with one attached hydrogen (secondary N) is 2. The number of carbonyl (C=O) groups is 3. The number of nitrogens with zero attached hydrogens (tertiary/aromatic N) is 2. The Morgan fingerprint density at radius 2 is 1.68 bits per heavy atom. The van der Waals surface area contributed by atoms with Crippen LogP contribution in [-0.2, 0) is 36.2 Å². The maximum absolute atomic E-state index is 13.3. The summed E-state index contributed by atoms with van der Waals surface area (Å²) in [6.07, 6.45) is 13.4. The standard InChI is InChI=1S/C22H29NO2S.C12H13ClO.C6H10N2O.C4H7NO3/c1-3-5-11-17-22(16-4-2)18-23(21-15-10-9-14-20(21)22)26(24,25)19-12-7-6-8-13-19;1-3-8-6-5-7-9(13)11(8)12-10(4-2)14-12;1-5-3-4-8(2)6(9)7-5;1-3(6)5-2-4(7)8/h6-10,12-15H,3-5,11,16-18H2,1-2H3;4-7,12H,3H2,1-2H3;3-5H,1-2H3,(H,7,9);2H2,1H3,(H,5,6)(H,7,8)/b;10-4-;;. The Hall–Kier alpha value is -4.81. The van der Waals surface area contributed by atoms with Gasteiger partial charge in [-0.1, -0.05) is 107 Å². The molecule has 3 aromatic rings. The normalized spacial score (nSPS) is 19.6. The van der Waals surface area contributed by atoms with Crippen molar-refractivity contribution in [3.8, 4) is 0 Å². The number of amides is 3. The first-order valence-electron chi connectivity index (χ1n) is 19.6. The van der Waals surface area contributed by atoms with Gasteiger partial charge in [0.15, 0.2) is 6.10 Å². The van der Waals surface area contributed by atoms with Crippen LogP contribution in [0.25, 0.3) is 0 Å². The molecule has 0 bridgehead atoms. The van der Waals surface area contributed by atoms with E-state index in [4.69, 9.17) is 21.4 Å². The van der Waals surface area contributed by atoms with E-state index in [0.717, 1.165) is 54.1 Å². The van der Waals surface area contributed by atoms with Gasteiger partial charge in [-0.15, -0.1) is 0 Å². The van der Waals surface area contributed by atoms with Crippen molar-refractivity contribution in [2.24, 2.45) is 0 Å². The zero-order valence-electron chi connectivity index (χ0n) is 34.3. The Morgan fingerprint density at radius 1 is 1.00 bits per heavy atom. The third-order valence-corrected chi connectivity index (χ3v) is 11.9. The SMILES string of the molecule is C/C=C1\OC1c1c(Cl)cccc1CC.CC(=O)NCC(=O)O.CC1C=CN(C)C(=O)N1.CCCCCC1(CCC)CN(S(=O)(=O)c2ccccc2)c2ccccc21. The number of ether oxygens (including phenoxy) is 1. The third kappa shape index (κ3) is 13.1. The van der Waals surface area contributed by atoms with E-state index in [-0.39, 0.29) is 36.0 Å². The van der Waals surface area contributed by atoms with Gasteiger partial charge in [-0.3, -0.25) is 13.9 Å². The van der Waals surface area contributed by atoms with Crippen LogP contribution in [0.1, 0.15) is 103 Å². The van der Waals surface area contributed by atoms with Gasteiger partial charge in [0.2, 0.25) is 5.91 Å². The van der Waals surface area contributed by atoms with Crippen molar-refractivity contribution in [2.45, 2.75) is 109 Å². The molecule has 6 rings (SSSR count). The van der Waals surface area contributed by atoms with Crippen LogP contribution < -0.4 is 14.9 Å². The molecule has 57 heavy (non-hydrogen) atoms. The summed E-state index contributed by atoms with van der Waals surface area (Å²) in [4.78, 5) is 32.3. The number of hydrogen-bond acceptors (Lipinski definition) is 6. The highest BCUT2D eigenvalue weighted by atomic mass is 35.5. The molecule has 3 aliphatic rings. The number of rotatable bonds is 12. The lowest BCUT2D eigenvalue weighted by atomic mass is 9.74. The summed E-state index contributed by atoms with van der Waals surface area (Å²) in [6, 6.07) is 23.0. The molecule has 310 valence electrons. The number of aliphatic carboxylic acids is 1. The number of urea groups is 1. The first kappa shape index (κ1) is 46.6. The highest BCUT2D eigenvalue weighted by molar-refractivity contribution is 7.92. The van der Waals surface area contributed by atoms with Crippen molar-refractivity contribution in [1.82, 2.24) is 15.5 Å². The van der Waals surface area contributed by atoms with Crippen molar-refractivity contribution >= 4 is 45.2 Å². The average Bonchev–Trinajstić information content (AvgIpc) is 3.90. The minimum atomic E-state index is -3.54. The molecule has 0 spiro atoms. The number of allylic oxidation sites excluding steroid dienone is 1. The molecule has 0 radical (unpaired) electrons. The third-order valence-electron chi connectivity index (χ3n) is 9.79. The Morgan fingerprint density at radius 3 is 2.23 bits per heavy atom. The number of para-hydroxylation sites is 1. The van der Waals surface area contributed by atoms with Crippen molar-refractivity contribution < 1.29 is 32.6 Å². The maximum atomic E-state index is 13.3. The number of fused-ring (bicyclic) bond motifs is 1. The second kappa shape index (κ2) is 22.2.